The fraction of sp³-hybridized carbons (Fsp3) is 0.594. The van der Waals surface area contributed by atoms with Crippen molar-refractivity contribution < 1.29 is 81.2 Å². The number of carbonyl (C=O) groups excluding carboxylic acids is 12. The van der Waals surface area contributed by atoms with Crippen LogP contribution >= 0.6 is 23.2 Å². The molecule has 9 N–H and O–H groups in total. The molecule has 2 aromatic carbocycles. The van der Waals surface area contributed by atoms with Gasteiger partial charge in [-0.2, -0.15) is 0 Å². The molecular formula is C64H92Cl2N8O17. The Morgan fingerprint density at radius 3 is 2.26 bits per heavy atom. The molecular weight excluding hydrogens is 1220 g/mol. The Balaban J connectivity index is 0.0000107. The Bertz CT molecular complexity index is 2810. The highest BCUT2D eigenvalue weighted by atomic mass is 35.5. The molecule has 2 heterocycles. The van der Waals surface area contributed by atoms with Gasteiger partial charge in [0.25, 0.3) is 0 Å². The van der Waals surface area contributed by atoms with Gasteiger partial charge in [0.05, 0.1) is 42.2 Å². The minimum Gasteiger partial charge on any atom is -0.495 e. The van der Waals surface area contributed by atoms with Crippen LogP contribution in [-0.4, -0.2) is 166 Å². The zero-order chi connectivity index (χ0) is 68.0. The van der Waals surface area contributed by atoms with Crippen molar-refractivity contribution in [2.24, 2.45) is 40.6 Å². The number of methoxy groups -OCH3 is 1. The molecule has 0 unspecified atom stereocenters. The standard InChI is InChI=1S/C63H90Cl2N8O16.CH2O/c1-37(2)31-51-60(82)87-49(19-12-20-53(77)71-46(33-40-21-23-50(85-8)44(64)32-40)58(80)70-36-63(6,7)61(83)88-51)39(5)56(55(65)41-15-10-9-11-16-41)89-54(78)35-69-52(76)24-22-48(75)47-18-14-28-73(47)59(81)45(17-13-27-68-62(67)84)72-57(79)43(38(3)4)34-42(74)25-29-86-30-26-66;1-2/h9-12,15-16,20-21,23,32,37-39,43,45-47,49,51,55-56H,13-14,17-19,22,24-31,33-36,66H2,1-8H3,(H,69,76)(H,70,80)(H,71,77)(H,72,79)(H3,67,68,84);1H2/b20-12+;/t39-,43-,45-,46+,47-,49-,51-,55-,56+;/m0./s1. The molecule has 9 atom stereocenters. The predicted octanol–water partition coefficient (Wildman–Crippen LogP) is 4.68. The second-order valence-corrected chi connectivity index (χ2v) is 24.6. The lowest BCUT2D eigenvalue weighted by atomic mass is 9.88. The number of cyclic esters (lactones) is 2. The monoisotopic (exact) mass is 1310 g/mol. The number of carbonyl (C=O) groups is 12. The van der Waals surface area contributed by atoms with Gasteiger partial charge in [0, 0.05) is 76.5 Å². The predicted molar refractivity (Wildman–Crippen MR) is 338 cm³/mol. The minimum atomic E-state index is -1.43. The molecule has 25 nitrogen and oxygen atoms in total. The summed E-state index contributed by atoms with van der Waals surface area (Å²) in [6.07, 6.45) is -1.24. The van der Waals surface area contributed by atoms with Crippen molar-refractivity contribution in [1.82, 2.24) is 31.5 Å². The molecule has 0 saturated carbocycles. The first-order chi connectivity index (χ1) is 43.1. The third kappa shape index (κ3) is 26.3. The van der Waals surface area contributed by atoms with Crippen molar-refractivity contribution in [1.29, 1.82) is 0 Å². The first kappa shape index (κ1) is 77.8. The second kappa shape index (κ2) is 39.7. The first-order valence-corrected chi connectivity index (χ1v) is 31.4. The van der Waals surface area contributed by atoms with E-state index in [9.17, 15) is 52.7 Å². The van der Waals surface area contributed by atoms with E-state index in [1.54, 1.807) is 69.3 Å². The van der Waals surface area contributed by atoms with Gasteiger partial charge < -0.3 is 71.4 Å². The molecule has 2 aliphatic heterocycles. The van der Waals surface area contributed by atoms with Crippen LogP contribution in [0.4, 0.5) is 4.79 Å². The number of esters is 3. The maximum Gasteiger partial charge on any atom is 0.347 e. The summed E-state index contributed by atoms with van der Waals surface area (Å²) in [6, 6.07) is 9.48. The minimum absolute atomic E-state index is 0.0100. The molecule has 0 spiro atoms. The summed E-state index contributed by atoms with van der Waals surface area (Å²) in [5, 5.41) is 12.4. The third-order valence-electron chi connectivity index (χ3n) is 15.3. The van der Waals surface area contributed by atoms with Crippen LogP contribution in [0.25, 0.3) is 0 Å². The number of nitrogens with two attached hydrogens (primary N) is 2. The smallest absolute Gasteiger partial charge is 0.347 e. The largest absolute Gasteiger partial charge is 0.495 e. The Kier molecular flexibility index (Phi) is 33.9. The van der Waals surface area contributed by atoms with Gasteiger partial charge in [0.2, 0.25) is 29.5 Å². The van der Waals surface area contributed by atoms with Crippen molar-refractivity contribution in [3.63, 3.8) is 0 Å². The molecule has 1 fully saturated rings. The number of hydrogen-bond donors (Lipinski definition) is 7. The van der Waals surface area contributed by atoms with E-state index in [-0.39, 0.29) is 120 Å². The molecule has 91 heavy (non-hydrogen) atoms. The average Bonchev–Trinajstić information content (AvgIpc) is 3.63. The molecule has 0 aliphatic carbocycles. The summed E-state index contributed by atoms with van der Waals surface area (Å²) in [7, 11) is 1.46. The summed E-state index contributed by atoms with van der Waals surface area (Å²) in [6.45, 7) is 13.9. The Labute approximate surface area is 542 Å². The molecule has 4 rings (SSSR count). The Hall–Kier alpha value is -7.48. The van der Waals surface area contributed by atoms with Crippen LogP contribution in [0.2, 0.25) is 5.02 Å². The lowest BCUT2D eigenvalue weighted by Gasteiger charge is -2.34. The average molecular weight is 1320 g/mol. The number of ether oxygens (including phenoxy) is 5. The van der Waals surface area contributed by atoms with Gasteiger partial charge in [0.15, 0.2) is 11.9 Å². The number of rotatable bonds is 31. The summed E-state index contributed by atoms with van der Waals surface area (Å²) < 4.78 is 28.7. The number of alkyl halides is 1. The van der Waals surface area contributed by atoms with Crippen molar-refractivity contribution in [2.45, 2.75) is 161 Å². The van der Waals surface area contributed by atoms with Gasteiger partial charge in [-0.05, 0) is 87.1 Å². The van der Waals surface area contributed by atoms with Gasteiger partial charge >= 0.3 is 23.9 Å². The number of nitrogens with one attached hydrogen (secondary N) is 5. The molecule has 504 valence electrons. The zero-order valence-electron chi connectivity index (χ0n) is 53.4. The van der Waals surface area contributed by atoms with Crippen LogP contribution < -0.4 is 42.8 Å². The highest BCUT2D eigenvalue weighted by Crippen LogP contribution is 2.35. The van der Waals surface area contributed by atoms with Crippen molar-refractivity contribution in [3.05, 3.63) is 76.8 Å². The first-order valence-electron chi connectivity index (χ1n) is 30.5. The van der Waals surface area contributed by atoms with Crippen LogP contribution in [0.15, 0.2) is 60.7 Å². The van der Waals surface area contributed by atoms with E-state index in [1.807, 2.05) is 20.6 Å². The van der Waals surface area contributed by atoms with Crippen molar-refractivity contribution >= 4 is 95.0 Å². The van der Waals surface area contributed by atoms with E-state index >= 15 is 0 Å². The topological polar surface area (TPSA) is 366 Å². The van der Waals surface area contributed by atoms with Gasteiger partial charge in [-0.25, -0.2) is 9.59 Å². The molecule has 0 aromatic heterocycles. The number of halogens is 2. The molecule has 0 radical (unpaired) electrons. The number of urea groups is 1. The van der Waals surface area contributed by atoms with Gasteiger partial charge in [-0.15, -0.1) is 11.6 Å². The van der Waals surface area contributed by atoms with E-state index in [0.717, 1.165) is 0 Å². The molecule has 0 bridgehead atoms. The zero-order valence-corrected chi connectivity index (χ0v) is 54.9. The van der Waals surface area contributed by atoms with E-state index in [1.165, 1.54) is 38.0 Å². The summed E-state index contributed by atoms with van der Waals surface area (Å²) >= 11 is 13.6. The number of benzene rings is 2. The maximum absolute atomic E-state index is 14.3. The van der Waals surface area contributed by atoms with Crippen molar-refractivity contribution in [3.8, 4) is 5.75 Å². The summed E-state index contributed by atoms with van der Waals surface area (Å²) in [4.78, 5) is 159. The quantitative estimate of drug-likeness (QED) is 0.0233. The molecule has 2 aliphatic rings. The van der Waals surface area contributed by atoms with Gasteiger partial charge in [0.1, 0.15) is 49.2 Å². The van der Waals surface area contributed by atoms with Crippen LogP contribution in [-0.2, 0) is 78.1 Å². The fourth-order valence-electron chi connectivity index (χ4n) is 10.1. The molecule has 2 aromatic rings. The van der Waals surface area contributed by atoms with Crippen LogP contribution in [0.3, 0.4) is 0 Å². The Morgan fingerprint density at radius 2 is 1.63 bits per heavy atom. The second-order valence-electron chi connectivity index (χ2n) is 23.8. The van der Waals surface area contributed by atoms with Gasteiger partial charge in [-0.3, -0.25) is 43.2 Å². The third-order valence-corrected chi connectivity index (χ3v) is 16.1. The molecule has 27 heteroatoms. The number of amides is 7. The van der Waals surface area contributed by atoms with E-state index in [0.29, 0.717) is 29.8 Å². The fourth-order valence-corrected chi connectivity index (χ4v) is 10.8. The number of nitrogens with zero attached hydrogens (tertiary/aromatic N) is 1. The lowest BCUT2D eigenvalue weighted by Crippen LogP contribution is -2.53. The Morgan fingerprint density at radius 1 is 0.923 bits per heavy atom. The van der Waals surface area contributed by atoms with Gasteiger partial charge in [-0.1, -0.05) is 88.7 Å². The maximum atomic E-state index is 14.3. The van der Waals surface area contributed by atoms with E-state index in [2.05, 4.69) is 26.6 Å². The lowest BCUT2D eigenvalue weighted by molar-refractivity contribution is -0.181. The highest BCUT2D eigenvalue weighted by Gasteiger charge is 2.42. The number of likely N-dealkylation sites (tertiary alicyclic amines) is 1. The number of hydrogen-bond acceptors (Lipinski definition) is 18. The van der Waals surface area contributed by atoms with Crippen LogP contribution in [0.1, 0.15) is 129 Å². The highest BCUT2D eigenvalue weighted by molar-refractivity contribution is 6.32. The van der Waals surface area contributed by atoms with Crippen LogP contribution in [0.5, 0.6) is 5.75 Å². The van der Waals surface area contributed by atoms with E-state index in [4.69, 9.17) is 63.1 Å². The molecule has 1 saturated heterocycles. The SMILES string of the molecule is C=O.COc1ccc(C[C@H]2NC(=O)/C=C/C[C@@H]([C@H](C)[C@@H](OC(=O)CNC(=O)CCC(=O)[C@@H]3CCCN3C(=O)[C@H](CCCNC(N)=O)NC(=O)[C@@H](CC(=O)CCOCCN)C(C)C)[C@@H](Cl)c3ccccc3)OC(=O)[C@H](CC(C)C)OC(=O)C(C)(C)CNC2=O)cc1Cl. The molecule has 7 amide bonds. The van der Waals surface area contributed by atoms with Crippen LogP contribution in [0, 0.1) is 29.1 Å². The normalized spacial score (nSPS) is 19.9. The summed E-state index contributed by atoms with van der Waals surface area (Å²) in [5.74, 6) is -8.30. The number of Topliss-reactive ketones (excluding diaryl/α,β-unsaturated/α-hetero) is 2. The van der Waals surface area contributed by atoms with E-state index < -0.39 is 125 Å². The summed E-state index contributed by atoms with van der Waals surface area (Å²) in [5.41, 5.74) is 10.4. The number of primary amides is 1. The number of ketones is 2. The van der Waals surface area contributed by atoms with Crippen molar-refractivity contribution in [2.75, 3.05) is 53.0 Å².